The fourth-order valence-corrected chi connectivity index (χ4v) is 6.49. The molecule has 5 heterocycles. The molecule has 0 saturated carbocycles. The van der Waals surface area contributed by atoms with Gasteiger partial charge in [0.1, 0.15) is 5.71 Å². The summed E-state index contributed by atoms with van der Waals surface area (Å²) < 4.78 is 0. The number of H-pyrrole nitrogens is 1. The molecule has 0 saturated heterocycles. The summed E-state index contributed by atoms with van der Waals surface area (Å²) in [5.41, 5.74) is 6.21. The number of fused-ring (bicyclic) bond motifs is 2. The van der Waals surface area contributed by atoms with Crippen LogP contribution in [0, 0.1) is 5.92 Å². The van der Waals surface area contributed by atoms with Gasteiger partial charge in [-0.1, -0.05) is 19.9 Å². The third-order valence-corrected chi connectivity index (χ3v) is 9.02. The van der Waals surface area contributed by atoms with Crippen molar-refractivity contribution in [1.29, 1.82) is 0 Å². The van der Waals surface area contributed by atoms with Crippen LogP contribution in [-0.4, -0.2) is 50.4 Å². The molecule has 0 spiro atoms. The predicted molar refractivity (Wildman–Crippen MR) is 168 cm³/mol. The maximum absolute atomic E-state index is 12.3. The summed E-state index contributed by atoms with van der Waals surface area (Å²) in [5, 5.41) is 6.38. The SMILES string of the molecule is CC(=O)c1ccc(C2(C)CC=Cc3nc(C4=NCCNc5cnc(-c6cncc(NC(=O)CC(C)C)c6)cc54)[nH]c32)s1. The molecule has 0 bridgehead atoms. The molecule has 9 nitrogen and oxygen atoms in total. The van der Waals surface area contributed by atoms with Gasteiger partial charge in [0.25, 0.3) is 0 Å². The number of imidazole rings is 1. The third kappa shape index (κ3) is 5.30. The lowest BCUT2D eigenvalue weighted by Gasteiger charge is -2.29. The van der Waals surface area contributed by atoms with Crippen LogP contribution in [0.5, 0.6) is 0 Å². The Labute approximate surface area is 248 Å². The molecule has 3 N–H and O–H groups in total. The number of hydrogen-bond donors (Lipinski definition) is 3. The smallest absolute Gasteiger partial charge is 0.224 e. The second-order valence-electron chi connectivity index (χ2n) is 11.4. The number of Topliss-reactive ketones (excluding diaryl/α,β-unsaturated/α-hetero) is 1. The van der Waals surface area contributed by atoms with Gasteiger partial charge >= 0.3 is 0 Å². The van der Waals surface area contributed by atoms with E-state index in [0.717, 1.165) is 50.1 Å². The minimum absolute atomic E-state index is 0.0413. The molecular formula is C32H33N7O2S. The van der Waals surface area contributed by atoms with Gasteiger partial charge in [0.05, 0.1) is 52.3 Å². The number of thiophene rings is 1. The maximum atomic E-state index is 12.3. The Balaban J connectivity index is 1.36. The number of aromatic amines is 1. The number of amides is 1. The Hall–Kier alpha value is -4.44. The number of nitrogens with one attached hydrogen (secondary N) is 3. The zero-order valence-electron chi connectivity index (χ0n) is 24.1. The lowest BCUT2D eigenvalue weighted by atomic mass is 9.78. The van der Waals surface area contributed by atoms with Gasteiger partial charge in [-0.05, 0) is 56.5 Å². The molecule has 0 radical (unpaired) electrons. The minimum Gasteiger partial charge on any atom is -0.381 e. The van der Waals surface area contributed by atoms with Gasteiger partial charge in [-0.25, -0.2) is 4.98 Å². The van der Waals surface area contributed by atoms with Gasteiger partial charge in [-0.3, -0.25) is 24.5 Å². The fourth-order valence-electron chi connectivity index (χ4n) is 5.42. The summed E-state index contributed by atoms with van der Waals surface area (Å²) in [5.74, 6) is 0.990. The molecule has 0 fully saturated rings. The van der Waals surface area contributed by atoms with Gasteiger partial charge in [-0.2, -0.15) is 0 Å². The minimum atomic E-state index is -0.338. The van der Waals surface area contributed by atoms with Gasteiger partial charge < -0.3 is 15.6 Å². The molecule has 6 rings (SSSR count). The maximum Gasteiger partial charge on any atom is 0.224 e. The summed E-state index contributed by atoms with van der Waals surface area (Å²) in [6.45, 7) is 9.09. The molecule has 42 heavy (non-hydrogen) atoms. The van der Waals surface area contributed by atoms with E-state index in [1.54, 1.807) is 30.7 Å². The number of pyridine rings is 2. The van der Waals surface area contributed by atoms with Gasteiger partial charge in [-0.15, -0.1) is 11.3 Å². The van der Waals surface area contributed by atoms with E-state index in [2.05, 4.69) is 45.7 Å². The first kappa shape index (κ1) is 27.7. The molecule has 10 heteroatoms. The first-order chi connectivity index (χ1) is 20.2. The number of rotatable bonds is 7. The molecule has 0 aromatic carbocycles. The van der Waals surface area contributed by atoms with Crippen molar-refractivity contribution in [1.82, 2.24) is 19.9 Å². The van der Waals surface area contributed by atoms with Gasteiger partial charge in [0.15, 0.2) is 11.6 Å². The molecule has 214 valence electrons. The lowest BCUT2D eigenvalue weighted by molar-refractivity contribution is -0.116. The average molecular weight is 580 g/mol. The van der Waals surface area contributed by atoms with Crippen LogP contribution in [0.15, 0.2) is 53.9 Å². The van der Waals surface area contributed by atoms with Crippen molar-refractivity contribution in [2.75, 3.05) is 23.7 Å². The van der Waals surface area contributed by atoms with Crippen LogP contribution in [0.2, 0.25) is 0 Å². The van der Waals surface area contributed by atoms with Crippen LogP contribution in [0.25, 0.3) is 17.3 Å². The summed E-state index contributed by atoms with van der Waals surface area (Å²) in [6, 6.07) is 7.85. The van der Waals surface area contributed by atoms with Crippen LogP contribution in [0.4, 0.5) is 11.4 Å². The third-order valence-electron chi connectivity index (χ3n) is 7.57. The zero-order valence-corrected chi connectivity index (χ0v) is 24.9. The van der Waals surface area contributed by atoms with E-state index in [1.807, 2.05) is 38.2 Å². The Morgan fingerprint density at radius 1 is 1.17 bits per heavy atom. The Kier molecular flexibility index (Phi) is 7.32. The Morgan fingerprint density at radius 2 is 2.02 bits per heavy atom. The molecule has 1 amide bonds. The molecule has 2 aliphatic rings. The Morgan fingerprint density at radius 3 is 2.81 bits per heavy atom. The van der Waals surface area contributed by atoms with Crippen LogP contribution in [0.1, 0.15) is 77.9 Å². The number of anilines is 2. The monoisotopic (exact) mass is 579 g/mol. The van der Waals surface area contributed by atoms with Crippen molar-refractivity contribution < 1.29 is 9.59 Å². The van der Waals surface area contributed by atoms with Crippen molar-refractivity contribution in [3.05, 3.63) is 81.5 Å². The lowest BCUT2D eigenvalue weighted by Crippen LogP contribution is -2.25. The van der Waals surface area contributed by atoms with Crippen LogP contribution >= 0.6 is 11.3 Å². The van der Waals surface area contributed by atoms with Gasteiger partial charge in [0.2, 0.25) is 5.91 Å². The molecule has 1 unspecified atom stereocenters. The van der Waals surface area contributed by atoms with Crippen molar-refractivity contribution >= 4 is 46.2 Å². The first-order valence-electron chi connectivity index (χ1n) is 14.1. The van der Waals surface area contributed by atoms with Gasteiger partial charge in [0, 0.05) is 40.6 Å². The van der Waals surface area contributed by atoms with E-state index >= 15 is 0 Å². The van der Waals surface area contributed by atoms with E-state index < -0.39 is 0 Å². The summed E-state index contributed by atoms with van der Waals surface area (Å²) in [4.78, 5) is 48.9. The number of allylic oxidation sites excluding steroid dienone is 1. The number of carbonyl (C=O) groups excluding carboxylic acids is 2. The summed E-state index contributed by atoms with van der Waals surface area (Å²) in [6.07, 6.45) is 10.6. The fraction of sp³-hybridized carbons (Fsp3) is 0.312. The second-order valence-corrected chi connectivity index (χ2v) is 12.5. The highest BCUT2D eigenvalue weighted by atomic mass is 32.1. The number of ketones is 1. The summed E-state index contributed by atoms with van der Waals surface area (Å²) in [7, 11) is 0. The number of carbonyl (C=O) groups is 2. The highest BCUT2D eigenvalue weighted by Crippen LogP contribution is 2.43. The largest absolute Gasteiger partial charge is 0.381 e. The molecule has 4 aromatic rings. The number of aromatic nitrogens is 4. The molecule has 4 aromatic heterocycles. The first-order valence-corrected chi connectivity index (χ1v) is 15.0. The standard InChI is InChI=1S/C32H33N7O2S/c1-18(2)12-28(41)37-21-13-20(15-33-16-21)24-14-22-25(17-36-24)34-10-11-35-29(22)31-38-23-6-5-9-32(4,30(23)39-31)27-8-7-26(42-27)19(3)40/h5-8,13-18,34H,9-12H2,1-4H3,(H,37,41)(H,38,39). The summed E-state index contributed by atoms with van der Waals surface area (Å²) >= 11 is 1.54. The van der Waals surface area contributed by atoms with E-state index in [9.17, 15) is 9.59 Å². The van der Waals surface area contributed by atoms with Crippen molar-refractivity contribution in [2.24, 2.45) is 10.9 Å². The quantitative estimate of drug-likeness (QED) is 0.227. The zero-order chi connectivity index (χ0) is 29.4. The molecule has 1 aliphatic heterocycles. The van der Waals surface area contributed by atoms with E-state index in [-0.39, 0.29) is 23.0 Å². The van der Waals surface area contributed by atoms with E-state index in [4.69, 9.17) is 15.0 Å². The number of nitrogens with zero attached hydrogens (tertiary/aromatic N) is 4. The second kappa shape index (κ2) is 11.1. The van der Waals surface area contributed by atoms with E-state index in [0.29, 0.717) is 36.7 Å². The predicted octanol–water partition coefficient (Wildman–Crippen LogP) is 6.10. The normalized spacial score (nSPS) is 17.6. The molecular weight excluding hydrogens is 546 g/mol. The van der Waals surface area contributed by atoms with Crippen molar-refractivity contribution in [3.8, 4) is 11.3 Å². The topological polar surface area (TPSA) is 125 Å². The molecule has 1 atom stereocenters. The van der Waals surface area contributed by atoms with Crippen LogP contribution in [-0.2, 0) is 10.2 Å². The van der Waals surface area contributed by atoms with Crippen LogP contribution in [0.3, 0.4) is 0 Å². The molecule has 1 aliphatic carbocycles. The Bertz CT molecular complexity index is 1750. The highest BCUT2D eigenvalue weighted by molar-refractivity contribution is 7.14. The number of aliphatic imine (C=N–C) groups is 1. The highest BCUT2D eigenvalue weighted by Gasteiger charge is 2.37. The number of hydrogen-bond acceptors (Lipinski definition) is 8. The van der Waals surface area contributed by atoms with E-state index in [1.165, 1.54) is 0 Å². The van der Waals surface area contributed by atoms with Crippen molar-refractivity contribution in [3.63, 3.8) is 0 Å². The van der Waals surface area contributed by atoms with Crippen LogP contribution < -0.4 is 10.6 Å². The van der Waals surface area contributed by atoms with Crippen molar-refractivity contribution in [2.45, 2.75) is 46.0 Å². The average Bonchev–Trinajstić information content (AvgIpc) is 3.58.